The number of hydrogen-bond acceptors (Lipinski definition) is 6. The van der Waals surface area contributed by atoms with Crippen LogP contribution < -0.4 is 10.2 Å². The van der Waals surface area contributed by atoms with Crippen LogP contribution in [-0.4, -0.2) is 55.5 Å². The molecule has 0 aliphatic rings. The maximum absolute atomic E-state index is 12.3. The second-order valence-electron chi connectivity index (χ2n) is 5.90. The van der Waals surface area contributed by atoms with E-state index in [2.05, 4.69) is 5.32 Å². The van der Waals surface area contributed by atoms with Gasteiger partial charge in [-0.25, -0.2) is 4.79 Å². The molecule has 0 saturated carbocycles. The van der Waals surface area contributed by atoms with Gasteiger partial charge in [0.2, 0.25) is 0 Å². The Morgan fingerprint density at radius 1 is 1.00 bits per heavy atom. The number of carbonyl (C=O) groups excluding carboxylic acids is 2. The summed E-state index contributed by atoms with van der Waals surface area (Å²) in [6.45, 7) is 0.742. The summed E-state index contributed by atoms with van der Waals surface area (Å²) in [4.78, 5) is 26.2. The van der Waals surface area contributed by atoms with Gasteiger partial charge in [-0.2, -0.15) is 0 Å². The third-order valence-electron chi connectivity index (χ3n) is 4.00. The van der Waals surface area contributed by atoms with E-state index < -0.39 is 11.9 Å². The Balaban J connectivity index is 2.21. The Hall–Kier alpha value is -3.16. The third-order valence-corrected chi connectivity index (χ3v) is 4.00. The molecule has 0 bridgehead atoms. The molecule has 0 aromatic heterocycles. The maximum Gasteiger partial charge on any atom is 0.354 e. The van der Waals surface area contributed by atoms with Crippen LogP contribution in [0, 0.1) is 0 Å². The minimum atomic E-state index is -0.657. The second-order valence-corrected chi connectivity index (χ2v) is 5.90. The van der Waals surface area contributed by atoms with Crippen molar-refractivity contribution in [1.29, 1.82) is 0 Å². The molecule has 0 aliphatic carbocycles. The monoisotopic (exact) mass is 384 g/mol. The highest BCUT2D eigenvalue weighted by Gasteiger charge is 2.15. The van der Waals surface area contributed by atoms with Crippen molar-refractivity contribution in [1.82, 2.24) is 5.32 Å². The first kappa shape index (κ1) is 21.1. The number of benzene rings is 2. The molecule has 2 aromatic carbocycles. The van der Waals surface area contributed by atoms with E-state index in [4.69, 9.17) is 14.9 Å². The van der Waals surface area contributed by atoms with Gasteiger partial charge in [-0.05, 0) is 35.9 Å². The predicted molar refractivity (Wildman–Crippen MR) is 107 cm³/mol. The fraction of sp³-hybridized carbons (Fsp3) is 0.238. The van der Waals surface area contributed by atoms with E-state index in [-0.39, 0.29) is 18.9 Å². The van der Waals surface area contributed by atoms with E-state index in [9.17, 15) is 9.59 Å². The summed E-state index contributed by atoms with van der Waals surface area (Å²) in [5.74, 6) is -1.07. The van der Waals surface area contributed by atoms with Crippen molar-refractivity contribution in [3.8, 4) is 0 Å². The highest BCUT2D eigenvalue weighted by molar-refractivity contribution is 6.03. The lowest BCUT2D eigenvalue weighted by atomic mass is 10.1. The molecule has 0 fully saturated rings. The van der Waals surface area contributed by atoms with Crippen molar-refractivity contribution in [2.45, 2.75) is 0 Å². The molecule has 0 aliphatic heterocycles. The molecule has 0 atom stereocenters. The summed E-state index contributed by atoms with van der Waals surface area (Å²) in [6.07, 6.45) is 1.53. The zero-order chi connectivity index (χ0) is 20.4. The summed E-state index contributed by atoms with van der Waals surface area (Å²) < 4.78 is 4.76. The normalized spacial score (nSPS) is 11.0. The molecule has 0 heterocycles. The molecule has 2 rings (SSSR count). The molecule has 7 heteroatoms. The molecule has 2 aromatic rings. The van der Waals surface area contributed by atoms with Gasteiger partial charge in [0.15, 0.2) is 0 Å². The van der Waals surface area contributed by atoms with Gasteiger partial charge in [-0.15, -0.1) is 0 Å². The molecule has 3 N–H and O–H groups in total. The molecule has 7 nitrogen and oxygen atoms in total. The van der Waals surface area contributed by atoms with Gasteiger partial charge in [-0.3, -0.25) is 4.79 Å². The van der Waals surface area contributed by atoms with Crippen LogP contribution in [0.2, 0.25) is 0 Å². The number of nitrogens with zero attached hydrogens (tertiary/aromatic N) is 1. The average Bonchev–Trinajstić information content (AvgIpc) is 2.73. The van der Waals surface area contributed by atoms with Crippen LogP contribution in [0.5, 0.6) is 0 Å². The van der Waals surface area contributed by atoms with E-state index in [0.717, 1.165) is 5.69 Å². The molecule has 28 heavy (non-hydrogen) atoms. The van der Waals surface area contributed by atoms with Crippen LogP contribution in [0.25, 0.3) is 6.08 Å². The minimum absolute atomic E-state index is 0.0201. The molecule has 0 spiro atoms. The zero-order valence-corrected chi connectivity index (χ0v) is 15.7. The van der Waals surface area contributed by atoms with E-state index in [1.165, 1.54) is 13.2 Å². The van der Waals surface area contributed by atoms with Crippen LogP contribution in [0.4, 0.5) is 5.69 Å². The number of aliphatic hydroxyl groups is 2. The van der Waals surface area contributed by atoms with Gasteiger partial charge in [0.25, 0.3) is 5.91 Å². The van der Waals surface area contributed by atoms with Gasteiger partial charge in [0.05, 0.1) is 20.3 Å². The smallest absolute Gasteiger partial charge is 0.354 e. The van der Waals surface area contributed by atoms with Crippen molar-refractivity contribution < 1.29 is 24.5 Å². The quantitative estimate of drug-likeness (QED) is 0.447. The van der Waals surface area contributed by atoms with E-state index in [0.29, 0.717) is 24.2 Å². The first-order valence-electron chi connectivity index (χ1n) is 8.82. The fourth-order valence-corrected chi connectivity index (χ4v) is 2.60. The second kappa shape index (κ2) is 10.9. The molecular formula is C21H24N2O5. The lowest BCUT2D eigenvalue weighted by Crippen LogP contribution is -2.29. The summed E-state index contributed by atoms with van der Waals surface area (Å²) in [5.41, 5.74) is 1.96. The number of esters is 1. The van der Waals surface area contributed by atoms with Crippen LogP contribution in [0.3, 0.4) is 0 Å². The number of carbonyl (C=O) groups is 2. The standard InChI is InChI=1S/C21H24N2O5/c1-28-21(27)19(22-20(26)17-5-3-2-4-6-17)15-16-7-9-18(10-8-16)23(11-13-24)12-14-25/h2-10,15,24-25H,11-14H2,1H3,(H,22,26). The topological polar surface area (TPSA) is 99.1 Å². The number of anilines is 1. The average molecular weight is 384 g/mol. The highest BCUT2D eigenvalue weighted by Crippen LogP contribution is 2.17. The van der Waals surface area contributed by atoms with Gasteiger partial charge in [0.1, 0.15) is 5.70 Å². The zero-order valence-electron chi connectivity index (χ0n) is 15.7. The van der Waals surface area contributed by atoms with E-state index in [1.807, 2.05) is 17.0 Å². The van der Waals surface area contributed by atoms with Crippen LogP contribution in [-0.2, 0) is 9.53 Å². The van der Waals surface area contributed by atoms with E-state index in [1.54, 1.807) is 42.5 Å². The lowest BCUT2D eigenvalue weighted by molar-refractivity contribution is -0.136. The summed E-state index contributed by atoms with van der Waals surface area (Å²) in [6, 6.07) is 15.7. The predicted octanol–water partition coefficient (Wildman–Crippen LogP) is 1.42. The highest BCUT2D eigenvalue weighted by atomic mass is 16.5. The van der Waals surface area contributed by atoms with Crippen molar-refractivity contribution >= 4 is 23.6 Å². The van der Waals surface area contributed by atoms with Crippen molar-refractivity contribution in [2.75, 3.05) is 38.3 Å². The Labute approximate surface area is 163 Å². The van der Waals surface area contributed by atoms with E-state index >= 15 is 0 Å². The number of methoxy groups -OCH3 is 1. The van der Waals surface area contributed by atoms with Gasteiger partial charge >= 0.3 is 5.97 Å². The first-order valence-corrected chi connectivity index (χ1v) is 8.82. The molecule has 0 saturated heterocycles. The van der Waals surface area contributed by atoms with Crippen molar-refractivity contribution in [3.05, 3.63) is 71.4 Å². The summed E-state index contributed by atoms with van der Waals surface area (Å²) in [5, 5.41) is 20.9. The molecule has 0 unspecified atom stereocenters. The number of nitrogens with one attached hydrogen (secondary N) is 1. The van der Waals surface area contributed by atoms with Gasteiger partial charge in [-0.1, -0.05) is 30.3 Å². The fourth-order valence-electron chi connectivity index (χ4n) is 2.60. The number of hydrogen-bond donors (Lipinski definition) is 3. The molecular weight excluding hydrogens is 360 g/mol. The first-order chi connectivity index (χ1) is 13.6. The van der Waals surface area contributed by atoms with Crippen molar-refractivity contribution in [3.63, 3.8) is 0 Å². The molecule has 1 amide bonds. The third kappa shape index (κ3) is 5.94. The SMILES string of the molecule is COC(=O)C(=Cc1ccc(N(CCO)CCO)cc1)NC(=O)c1ccccc1. The number of rotatable bonds is 9. The molecule has 148 valence electrons. The Morgan fingerprint density at radius 3 is 2.14 bits per heavy atom. The lowest BCUT2D eigenvalue weighted by Gasteiger charge is -2.23. The van der Waals surface area contributed by atoms with Crippen LogP contribution in [0.15, 0.2) is 60.3 Å². The summed E-state index contributed by atoms with van der Waals surface area (Å²) >= 11 is 0. The number of amides is 1. The van der Waals surface area contributed by atoms with Crippen molar-refractivity contribution in [2.24, 2.45) is 0 Å². The Bertz CT molecular complexity index is 797. The van der Waals surface area contributed by atoms with Gasteiger partial charge < -0.3 is 25.2 Å². The van der Waals surface area contributed by atoms with Crippen LogP contribution in [0.1, 0.15) is 15.9 Å². The number of aliphatic hydroxyl groups excluding tert-OH is 2. The van der Waals surface area contributed by atoms with Crippen LogP contribution >= 0.6 is 0 Å². The molecule has 0 radical (unpaired) electrons. The number of ether oxygens (including phenoxy) is 1. The Kier molecular flexibility index (Phi) is 8.20. The summed E-state index contributed by atoms with van der Waals surface area (Å²) in [7, 11) is 1.25. The minimum Gasteiger partial charge on any atom is -0.464 e. The van der Waals surface area contributed by atoms with Gasteiger partial charge in [0, 0.05) is 24.3 Å². The largest absolute Gasteiger partial charge is 0.464 e. The Morgan fingerprint density at radius 2 is 1.61 bits per heavy atom. The maximum atomic E-state index is 12.3.